The lowest BCUT2D eigenvalue weighted by molar-refractivity contribution is 0.128. The van der Waals surface area contributed by atoms with Crippen LogP contribution in [0.3, 0.4) is 0 Å². The lowest BCUT2D eigenvalue weighted by Gasteiger charge is -2.28. The Labute approximate surface area is 78.7 Å². The standard InChI is InChI=1S/C3H9ClO7P2/c4-2-1-3(5,12(6,7)8)13(9,10)11/h5H,1-2H2,(H2,6,7,8)(H2,9,10,11). The Bertz CT molecular complexity index is 243. The molecule has 0 bridgehead atoms. The lowest BCUT2D eigenvalue weighted by Crippen LogP contribution is -2.29. The van der Waals surface area contributed by atoms with Crippen LogP contribution in [0.1, 0.15) is 6.42 Å². The third-order valence-electron chi connectivity index (χ3n) is 1.36. The molecule has 0 aliphatic carbocycles. The van der Waals surface area contributed by atoms with Crippen LogP contribution in [0.15, 0.2) is 0 Å². The van der Waals surface area contributed by atoms with E-state index in [0.717, 1.165) is 0 Å². The van der Waals surface area contributed by atoms with Crippen LogP contribution < -0.4 is 0 Å². The van der Waals surface area contributed by atoms with Crippen LogP contribution in [0.4, 0.5) is 0 Å². The van der Waals surface area contributed by atoms with Gasteiger partial charge >= 0.3 is 15.2 Å². The highest BCUT2D eigenvalue weighted by atomic mass is 35.5. The zero-order valence-electron chi connectivity index (χ0n) is 6.24. The zero-order chi connectivity index (χ0) is 10.9. The predicted molar refractivity (Wildman–Crippen MR) is 44.4 cm³/mol. The first kappa shape index (κ1) is 13.5. The number of rotatable bonds is 4. The van der Waals surface area contributed by atoms with Gasteiger partial charge in [0.2, 0.25) is 0 Å². The van der Waals surface area contributed by atoms with Gasteiger partial charge in [-0.2, -0.15) is 0 Å². The van der Waals surface area contributed by atoms with Gasteiger partial charge in [0.05, 0.1) is 0 Å². The molecule has 0 aromatic carbocycles. The lowest BCUT2D eigenvalue weighted by atomic mass is 10.5. The number of halogens is 1. The molecule has 5 N–H and O–H groups in total. The number of aliphatic hydroxyl groups is 1. The van der Waals surface area contributed by atoms with Gasteiger partial charge in [-0.05, 0) is 0 Å². The van der Waals surface area contributed by atoms with Crippen molar-refractivity contribution in [1.82, 2.24) is 0 Å². The van der Waals surface area contributed by atoms with Gasteiger partial charge in [-0.3, -0.25) is 9.13 Å². The molecule has 0 unspecified atom stereocenters. The molecule has 0 spiro atoms. The molecule has 0 aromatic heterocycles. The molecule has 80 valence electrons. The molecule has 0 rings (SSSR count). The van der Waals surface area contributed by atoms with E-state index in [9.17, 15) is 9.13 Å². The van der Waals surface area contributed by atoms with Crippen molar-refractivity contribution in [2.45, 2.75) is 11.5 Å². The summed E-state index contributed by atoms with van der Waals surface area (Å²) in [5.74, 6) is -0.479. The van der Waals surface area contributed by atoms with E-state index in [-0.39, 0.29) is 0 Å². The summed E-state index contributed by atoms with van der Waals surface area (Å²) in [6.07, 6.45) is -0.886. The van der Waals surface area contributed by atoms with Gasteiger partial charge in [-0.15, -0.1) is 11.6 Å². The molecule has 0 atom stereocenters. The minimum Gasteiger partial charge on any atom is -0.367 e. The second-order valence-electron chi connectivity index (χ2n) is 2.30. The fourth-order valence-corrected chi connectivity index (χ4v) is 3.29. The maximum absolute atomic E-state index is 10.6. The van der Waals surface area contributed by atoms with Crippen molar-refractivity contribution in [3.05, 3.63) is 0 Å². The maximum Gasteiger partial charge on any atom is 0.369 e. The molecule has 0 aromatic rings. The van der Waals surface area contributed by atoms with Gasteiger partial charge in [0.1, 0.15) is 0 Å². The summed E-state index contributed by atoms with van der Waals surface area (Å²) >= 11 is 5.05. The summed E-state index contributed by atoms with van der Waals surface area (Å²) < 4.78 is 21.2. The highest BCUT2D eigenvalue weighted by Gasteiger charge is 2.58. The van der Waals surface area contributed by atoms with Crippen molar-refractivity contribution in [3.63, 3.8) is 0 Å². The molecule has 13 heavy (non-hydrogen) atoms. The van der Waals surface area contributed by atoms with Gasteiger partial charge in [0, 0.05) is 12.3 Å². The van der Waals surface area contributed by atoms with Gasteiger partial charge in [0.25, 0.3) is 5.08 Å². The van der Waals surface area contributed by atoms with Gasteiger partial charge in [0.15, 0.2) is 0 Å². The third kappa shape index (κ3) is 2.75. The average Bonchev–Trinajstić information content (AvgIpc) is 1.82. The fourth-order valence-electron chi connectivity index (χ4n) is 0.588. The molecular weight excluding hydrogens is 245 g/mol. The minimum absolute atomic E-state index is 0.479. The van der Waals surface area contributed by atoms with Crippen LogP contribution in [0, 0.1) is 0 Å². The first-order chi connectivity index (χ1) is 5.56. The number of hydrogen-bond acceptors (Lipinski definition) is 3. The smallest absolute Gasteiger partial charge is 0.367 e. The van der Waals surface area contributed by atoms with E-state index in [2.05, 4.69) is 0 Å². The second kappa shape index (κ2) is 3.96. The largest absolute Gasteiger partial charge is 0.369 e. The van der Waals surface area contributed by atoms with Crippen LogP contribution in [0.25, 0.3) is 0 Å². The monoisotopic (exact) mass is 254 g/mol. The molecular formula is C3H9ClO7P2. The Morgan fingerprint density at radius 2 is 1.38 bits per heavy atom. The van der Waals surface area contributed by atoms with Crippen molar-refractivity contribution in [2.75, 3.05) is 5.88 Å². The van der Waals surface area contributed by atoms with E-state index in [1.54, 1.807) is 0 Å². The van der Waals surface area contributed by atoms with E-state index < -0.39 is 32.6 Å². The van der Waals surface area contributed by atoms with Crippen molar-refractivity contribution >= 4 is 26.8 Å². The Kier molecular flexibility index (Phi) is 4.13. The van der Waals surface area contributed by atoms with E-state index in [1.165, 1.54) is 0 Å². The van der Waals surface area contributed by atoms with Gasteiger partial charge in [-0.1, -0.05) is 0 Å². The normalized spacial score (nSPS) is 14.6. The van der Waals surface area contributed by atoms with Crippen LogP contribution in [0.5, 0.6) is 0 Å². The van der Waals surface area contributed by atoms with Crippen LogP contribution in [0.2, 0.25) is 0 Å². The summed E-state index contributed by atoms with van der Waals surface area (Å²) in [5.41, 5.74) is 0. The fraction of sp³-hybridized carbons (Fsp3) is 1.00. The first-order valence-electron chi connectivity index (χ1n) is 2.96. The molecule has 0 saturated carbocycles. The van der Waals surface area contributed by atoms with Crippen LogP contribution in [-0.2, 0) is 9.13 Å². The molecule has 10 heteroatoms. The summed E-state index contributed by atoms with van der Waals surface area (Å²) in [7, 11) is -10.6. The average molecular weight is 254 g/mol. The zero-order valence-corrected chi connectivity index (χ0v) is 8.78. The molecule has 7 nitrogen and oxygen atoms in total. The van der Waals surface area contributed by atoms with Crippen molar-refractivity contribution < 1.29 is 33.8 Å². The Morgan fingerprint density at radius 3 is 1.46 bits per heavy atom. The Balaban J connectivity index is 5.22. The second-order valence-corrected chi connectivity index (χ2v) is 6.69. The van der Waals surface area contributed by atoms with Crippen molar-refractivity contribution in [2.24, 2.45) is 0 Å². The van der Waals surface area contributed by atoms with Gasteiger partial charge < -0.3 is 24.7 Å². The molecule has 0 aliphatic rings. The topological polar surface area (TPSA) is 135 Å². The van der Waals surface area contributed by atoms with E-state index in [1.807, 2.05) is 0 Å². The highest BCUT2D eigenvalue weighted by molar-refractivity contribution is 7.72. The SMILES string of the molecule is O=P(O)(O)C(O)(CCCl)P(=O)(O)O. The molecule has 0 amide bonds. The maximum atomic E-state index is 10.6. The molecule has 0 heterocycles. The predicted octanol–water partition coefficient (Wildman–Crippen LogP) is -0.383. The first-order valence-corrected chi connectivity index (χ1v) is 6.72. The molecule has 0 fully saturated rings. The third-order valence-corrected chi connectivity index (χ3v) is 5.43. The number of alkyl halides is 1. The summed E-state index contributed by atoms with van der Waals surface area (Å²) in [6, 6.07) is 0. The molecule has 0 saturated heterocycles. The Hall–Kier alpha value is 0.550. The van der Waals surface area contributed by atoms with Gasteiger partial charge in [-0.25, -0.2) is 0 Å². The minimum atomic E-state index is -5.32. The van der Waals surface area contributed by atoms with Crippen molar-refractivity contribution in [1.29, 1.82) is 0 Å². The summed E-state index contributed by atoms with van der Waals surface area (Å²) in [6.45, 7) is 0. The van der Waals surface area contributed by atoms with Crippen molar-refractivity contribution in [3.8, 4) is 0 Å². The molecule has 0 aliphatic heterocycles. The van der Waals surface area contributed by atoms with E-state index >= 15 is 0 Å². The number of hydrogen-bond donors (Lipinski definition) is 5. The van der Waals surface area contributed by atoms with Crippen LogP contribution in [-0.4, -0.2) is 35.6 Å². The molecule has 0 radical (unpaired) electrons. The quantitative estimate of drug-likeness (QED) is 0.341. The van der Waals surface area contributed by atoms with E-state index in [0.29, 0.717) is 0 Å². The summed E-state index contributed by atoms with van der Waals surface area (Å²) in [4.78, 5) is 34.1. The summed E-state index contributed by atoms with van der Waals surface area (Å²) in [5, 5.41) is 5.70. The Morgan fingerprint density at radius 1 is 1.08 bits per heavy atom. The highest BCUT2D eigenvalue weighted by Crippen LogP contribution is 2.68. The van der Waals surface area contributed by atoms with E-state index in [4.69, 9.17) is 36.3 Å². The van der Waals surface area contributed by atoms with Crippen LogP contribution >= 0.6 is 26.8 Å².